The third kappa shape index (κ3) is 2.65. The Hall–Kier alpha value is -0.980. The minimum absolute atomic E-state index is 0.0153. The molecule has 4 nitrogen and oxygen atoms in total. The van der Waals surface area contributed by atoms with E-state index in [9.17, 15) is 12.8 Å². The van der Waals surface area contributed by atoms with E-state index in [0.29, 0.717) is 0 Å². The highest BCUT2D eigenvalue weighted by Crippen LogP contribution is 2.22. The minimum atomic E-state index is -3.54. The number of nitrogens with one attached hydrogen (secondary N) is 1. The van der Waals surface area contributed by atoms with Crippen LogP contribution in [0.4, 0.5) is 4.39 Å². The third-order valence-electron chi connectivity index (χ3n) is 2.97. The van der Waals surface area contributed by atoms with Crippen LogP contribution in [0.1, 0.15) is 24.8 Å². The Kier molecular flexibility index (Phi) is 3.46. The first kappa shape index (κ1) is 12.5. The van der Waals surface area contributed by atoms with Gasteiger partial charge < -0.3 is 5.73 Å². The molecule has 2 rings (SSSR count). The maximum atomic E-state index is 13.2. The van der Waals surface area contributed by atoms with Gasteiger partial charge in [-0.1, -0.05) is 6.42 Å². The third-order valence-corrected chi connectivity index (χ3v) is 4.49. The molecule has 94 valence electrons. The molecule has 0 aromatic heterocycles. The van der Waals surface area contributed by atoms with Gasteiger partial charge in [0.05, 0.1) is 4.90 Å². The molecule has 1 fully saturated rings. The predicted octanol–water partition coefficient (Wildman–Crippen LogP) is 1.12. The Balaban J connectivity index is 2.25. The first-order valence-electron chi connectivity index (χ1n) is 5.54. The molecule has 0 heterocycles. The molecule has 0 aliphatic heterocycles. The molecule has 1 aromatic rings. The molecule has 0 atom stereocenters. The average Bonchev–Trinajstić information content (AvgIpc) is 2.24. The maximum Gasteiger partial charge on any atom is 0.240 e. The van der Waals surface area contributed by atoms with Gasteiger partial charge in [-0.15, -0.1) is 0 Å². The molecule has 1 aliphatic rings. The van der Waals surface area contributed by atoms with E-state index in [0.717, 1.165) is 25.3 Å². The van der Waals surface area contributed by atoms with Crippen LogP contribution in [-0.2, 0) is 16.6 Å². The van der Waals surface area contributed by atoms with Gasteiger partial charge in [-0.25, -0.2) is 17.5 Å². The van der Waals surface area contributed by atoms with Crippen LogP contribution in [0.5, 0.6) is 0 Å². The van der Waals surface area contributed by atoms with Gasteiger partial charge in [-0.2, -0.15) is 0 Å². The molecule has 0 spiro atoms. The second-order valence-corrected chi connectivity index (χ2v) is 5.92. The van der Waals surface area contributed by atoms with Crippen molar-refractivity contribution in [3.63, 3.8) is 0 Å². The van der Waals surface area contributed by atoms with Crippen molar-refractivity contribution in [2.75, 3.05) is 0 Å². The van der Waals surface area contributed by atoms with Crippen LogP contribution < -0.4 is 10.5 Å². The van der Waals surface area contributed by atoms with Crippen molar-refractivity contribution >= 4 is 10.0 Å². The Morgan fingerprint density at radius 3 is 2.65 bits per heavy atom. The summed E-state index contributed by atoms with van der Waals surface area (Å²) in [7, 11) is -3.54. The van der Waals surface area contributed by atoms with Crippen molar-refractivity contribution in [2.45, 2.75) is 36.7 Å². The highest BCUT2D eigenvalue weighted by Gasteiger charge is 2.25. The largest absolute Gasteiger partial charge is 0.326 e. The van der Waals surface area contributed by atoms with Crippen molar-refractivity contribution in [3.8, 4) is 0 Å². The number of hydrogen-bond acceptors (Lipinski definition) is 3. The van der Waals surface area contributed by atoms with Crippen LogP contribution >= 0.6 is 0 Å². The van der Waals surface area contributed by atoms with Gasteiger partial charge in [-0.3, -0.25) is 0 Å². The van der Waals surface area contributed by atoms with Crippen molar-refractivity contribution < 1.29 is 12.8 Å². The molecule has 17 heavy (non-hydrogen) atoms. The summed E-state index contributed by atoms with van der Waals surface area (Å²) in [4.78, 5) is 0.0752. The molecule has 1 saturated carbocycles. The van der Waals surface area contributed by atoms with Gasteiger partial charge in [0.2, 0.25) is 10.0 Å². The highest BCUT2D eigenvalue weighted by atomic mass is 32.2. The predicted molar refractivity (Wildman–Crippen MR) is 62.3 cm³/mol. The van der Waals surface area contributed by atoms with Crippen LogP contribution in [-0.4, -0.2) is 14.5 Å². The van der Waals surface area contributed by atoms with Crippen LogP contribution in [0.15, 0.2) is 23.1 Å². The van der Waals surface area contributed by atoms with E-state index >= 15 is 0 Å². The SMILES string of the molecule is NCc1cc(S(=O)(=O)NC2CCC2)ccc1F. The Labute approximate surface area is 100 Å². The van der Waals surface area contributed by atoms with Crippen molar-refractivity contribution in [1.82, 2.24) is 4.72 Å². The van der Waals surface area contributed by atoms with Gasteiger partial charge in [-0.05, 0) is 31.0 Å². The average molecular weight is 258 g/mol. The Morgan fingerprint density at radius 1 is 1.41 bits per heavy atom. The Morgan fingerprint density at radius 2 is 2.12 bits per heavy atom. The van der Waals surface area contributed by atoms with Crippen LogP contribution in [0.3, 0.4) is 0 Å². The monoisotopic (exact) mass is 258 g/mol. The fraction of sp³-hybridized carbons (Fsp3) is 0.455. The summed E-state index contributed by atoms with van der Waals surface area (Å²) in [6, 6.07) is 3.70. The first-order chi connectivity index (χ1) is 8.03. The van der Waals surface area contributed by atoms with Crippen molar-refractivity contribution in [1.29, 1.82) is 0 Å². The first-order valence-corrected chi connectivity index (χ1v) is 7.02. The quantitative estimate of drug-likeness (QED) is 0.850. The van der Waals surface area contributed by atoms with Crippen molar-refractivity contribution in [3.05, 3.63) is 29.6 Å². The van der Waals surface area contributed by atoms with Gasteiger partial charge in [0, 0.05) is 18.2 Å². The number of halogens is 1. The molecule has 1 aromatic carbocycles. The number of sulfonamides is 1. The molecule has 0 amide bonds. The van der Waals surface area contributed by atoms with E-state index in [1.54, 1.807) is 0 Å². The summed E-state index contributed by atoms with van der Waals surface area (Å²) in [5.41, 5.74) is 5.56. The van der Waals surface area contributed by atoms with E-state index in [1.165, 1.54) is 12.1 Å². The number of nitrogens with two attached hydrogens (primary N) is 1. The Bertz CT molecular complexity index is 512. The zero-order valence-electron chi connectivity index (χ0n) is 9.32. The van der Waals surface area contributed by atoms with Gasteiger partial charge >= 0.3 is 0 Å². The fourth-order valence-corrected chi connectivity index (χ4v) is 3.04. The molecule has 1 aliphatic carbocycles. The molecule has 6 heteroatoms. The summed E-state index contributed by atoms with van der Waals surface area (Å²) in [6.45, 7) is -0.0153. The van der Waals surface area contributed by atoms with Crippen LogP contribution in [0, 0.1) is 5.82 Å². The van der Waals surface area contributed by atoms with Gasteiger partial charge in [0.1, 0.15) is 5.82 Å². The molecule has 0 bridgehead atoms. The lowest BCUT2D eigenvalue weighted by molar-refractivity contribution is 0.383. The smallest absolute Gasteiger partial charge is 0.240 e. The number of hydrogen-bond donors (Lipinski definition) is 2. The molecule has 0 radical (unpaired) electrons. The summed E-state index contributed by atoms with van der Waals surface area (Å²) >= 11 is 0. The molecule has 0 unspecified atom stereocenters. The van der Waals surface area contributed by atoms with E-state index in [1.807, 2.05) is 0 Å². The summed E-state index contributed by atoms with van der Waals surface area (Å²) in [5.74, 6) is -0.477. The van der Waals surface area contributed by atoms with E-state index in [-0.39, 0.29) is 23.0 Å². The molecular weight excluding hydrogens is 243 g/mol. The van der Waals surface area contributed by atoms with Crippen LogP contribution in [0.2, 0.25) is 0 Å². The lowest BCUT2D eigenvalue weighted by Gasteiger charge is -2.26. The van der Waals surface area contributed by atoms with Crippen LogP contribution in [0.25, 0.3) is 0 Å². The maximum absolute atomic E-state index is 13.2. The van der Waals surface area contributed by atoms with Gasteiger partial charge in [0.15, 0.2) is 0 Å². The zero-order chi connectivity index (χ0) is 12.5. The molecule has 3 N–H and O–H groups in total. The lowest BCUT2D eigenvalue weighted by atomic mass is 9.94. The lowest BCUT2D eigenvalue weighted by Crippen LogP contribution is -2.39. The topological polar surface area (TPSA) is 72.2 Å². The van der Waals surface area contributed by atoms with E-state index < -0.39 is 15.8 Å². The minimum Gasteiger partial charge on any atom is -0.326 e. The normalized spacial score (nSPS) is 16.8. The zero-order valence-corrected chi connectivity index (χ0v) is 10.1. The van der Waals surface area contributed by atoms with Gasteiger partial charge in [0.25, 0.3) is 0 Å². The second-order valence-electron chi connectivity index (χ2n) is 4.21. The molecular formula is C11H15FN2O2S. The van der Waals surface area contributed by atoms with E-state index in [2.05, 4.69) is 4.72 Å². The fourth-order valence-electron chi connectivity index (χ4n) is 1.69. The molecule has 0 saturated heterocycles. The summed E-state index contributed by atoms with van der Waals surface area (Å²) in [6.07, 6.45) is 2.78. The summed E-state index contributed by atoms with van der Waals surface area (Å²) in [5, 5.41) is 0. The highest BCUT2D eigenvalue weighted by molar-refractivity contribution is 7.89. The second kappa shape index (κ2) is 4.72. The number of benzene rings is 1. The van der Waals surface area contributed by atoms with E-state index in [4.69, 9.17) is 5.73 Å². The van der Waals surface area contributed by atoms with Crippen molar-refractivity contribution in [2.24, 2.45) is 5.73 Å². The number of rotatable bonds is 4. The standard InChI is InChI=1S/C11H15FN2O2S/c12-11-5-4-10(6-8(11)7-13)17(15,16)14-9-2-1-3-9/h4-6,9,14H,1-3,7,13H2. The summed E-state index contributed by atoms with van der Waals surface area (Å²) < 4.78 is 39.7.